The van der Waals surface area contributed by atoms with E-state index in [4.69, 9.17) is 4.74 Å². The summed E-state index contributed by atoms with van der Waals surface area (Å²) < 4.78 is 20.1. The Balaban J connectivity index is 1.82. The molecule has 0 radical (unpaired) electrons. The predicted molar refractivity (Wildman–Crippen MR) is 87.6 cm³/mol. The fraction of sp³-hybridized carbons (Fsp3) is 0.529. The molecule has 2 heterocycles. The van der Waals surface area contributed by atoms with Crippen LogP contribution in [0.4, 0.5) is 10.1 Å². The standard InChI is InChI=1S/C17H22FN3O3/c1-24-16-12(20-13-4-5-14(22)21-17(13)23)3-2-11(15(16)18)10-6-8-19-9-7-10/h2-3,10,13,19-20H,4-9H2,1H3,(H,21,22,23). The summed E-state index contributed by atoms with van der Waals surface area (Å²) >= 11 is 0. The van der Waals surface area contributed by atoms with E-state index in [1.54, 1.807) is 12.1 Å². The first-order valence-corrected chi connectivity index (χ1v) is 8.27. The van der Waals surface area contributed by atoms with Gasteiger partial charge in [-0.05, 0) is 49.9 Å². The van der Waals surface area contributed by atoms with Crippen molar-refractivity contribution in [3.8, 4) is 5.75 Å². The van der Waals surface area contributed by atoms with Crippen LogP contribution in [0.3, 0.4) is 0 Å². The van der Waals surface area contributed by atoms with E-state index in [9.17, 15) is 14.0 Å². The van der Waals surface area contributed by atoms with Crippen molar-refractivity contribution in [1.82, 2.24) is 10.6 Å². The predicted octanol–water partition coefficient (Wildman–Crippen LogP) is 1.52. The quantitative estimate of drug-likeness (QED) is 0.727. The molecular weight excluding hydrogens is 313 g/mol. The van der Waals surface area contributed by atoms with Crippen LogP contribution in [0.15, 0.2) is 12.1 Å². The monoisotopic (exact) mass is 335 g/mol. The Morgan fingerprint density at radius 2 is 1.96 bits per heavy atom. The van der Waals surface area contributed by atoms with Gasteiger partial charge >= 0.3 is 0 Å². The van der Waals surface area contributed by atoms with E-state index in [2.05, 4.69) is 16.0 Å². The summed E-state index contributed by atoms with van der Waals surface area (Å²) in [6.07, 6.45) is 2.42. The van der Waals surface area contributed by atoms with E-state index in [1.165, 1.54) is 7.11 Å². The lowest BCUT2D eigenvalue weighted by Crippen LogP contribution is -2.47. The Morgan fingerprint density at radius 1 is 1.21 bits per heavy atom. The molecular formula is C17H22FN3O3. The molecule has 130 valence electrons. The number of methoxy groups -OCH3 is 1. The molecule has 1 aromatic rings. The van der Waals surface area contributed by atoms with E-state index in [0.29, 0.717) is 17.7 Å². The Morgan fingerprint density at radius 3 is 2.62 bits per heavy atom. The van der Waals surface area contributed by atoms with Crippen molar-refractivity contribution in [2.75, 3.05) is 25.5 Å². The molecule has 0 saturated carbocycles. The van der Waals surface area contributed by atoms with E-state index < -0.39 is 11.9 Å². The first kappa shape index (κ1) is 16.7. The molecule has 1 unspecified atom stereocenters. The number of halogens is 1. The summed E-state index contributed by atoms with van der Waals surface area (Å²) in [6.45, 7) is 1.76. The van der Waals surface area contributed by atoms with Crippen molar-refractivity contribution in [2.45, 2.75) is 37.6 Å². The second-order valence-corrected chi connectivity index (χ2v) is 6.22. The number of hydrogen-bond acceptors (Lipinski definition) is 5. The summed E-state index contributed by atoms with van der Waals surface area (Å²) in [5, 5.41) is 8.55. The van der Waals surface area contributed by atoms with Crippen molar-refractivity contribution in [3.05, 3.63) is 23.5 Å². The lowest BCUT2D eigenvalue weighted by atomic mass is 9.89. The van der Waals surface area contributed by atoms with Gasteiger partial charge in [0, 0.05) is 6.42 Å². The van der Waals surface area contributed by atoms with E-state index in [0.717, 1.165) is 25.9 Å². The fourth-order valence-corrected chi connectivity index (χ4v) is 3.35. The van der Waals surface area contributed by atoms with Crippen LogP contribution in [0.5, 0.6) is 5.75 Å². The van der Waals surface area contributed by atoms with E-state index >= 15 is 0 Å². The number of anilines is 1. The number of imide groups is 1. The third-order valence-electron chi connectivity index (χ3n) is 4.68. The molecule has 1 atom stereocenters. The van der Waals surface area contributed by atoms with Gasteiger partial charge in [0.1, 0.15) is 6.04 Å². The number of nitrogens with one attached hydrogen (secondary N) is 3. The zero-order valence-electron chi connectivity index (χ0n) is 13.7. The molecule has 0 spiro atoms. The number of piperidine rings is 2. The van der Waals surface area contributed by atoms with Gasteiger partial charge in [0.05, 0.1) is 12.8 Å². The molecule has 2 aliphatic heterocycles. The second kappa shape index (κ2) is 7.17. The Kier molecular flexibility index (Phi) is 4.99. The highest BCUT2D eigenvalue weighted by Crippen LogP contribution is 2.37. The maximum atomic E-state index is 14.9. The lowest BCUT2D eigenvalue weighted by molar-refractivity contribution is -0.133. The third-order valence-corrected chi connectivity index (χ3v) is 4.68. The minimum Gasteiger partial charge on any atom is -0.492 e. The summed E-state index contributed by atoms with van der Waals surface area (Å²) in [5.41, 5.74) is 1.09. The molecule has 2 saturated heterocycles. The number of amides is 2. The van der Waals surface area contributed by atoms with Crippen molar-refractivity contribution in [3.63, 3.8) is 0 Å². The zero-order chi connectivity index (χ0) is 17.1. The third kappa shape index (κ3) is 3.36. The molecule has 0 bridgehead atoms. The number of benzene rings is 1. The average molecular weight is 335 g/mol. The van der Waals surface area contributed by atoms with Crippen LogP contribution in [0.2, 0.25) is 0 Å². The number of carbonyl (C=O) groups is 2. The Hall–Kier alpha value is -2.15. The van der Waals surface area contributed by atoms with E-state index in [1.807, 2.05) is 0 Å². The number of carbonyl (C=O) groups excluding carboxylic acids is 2. The van der Waals surface area contributed by atoms with Gasteiger partial charge in [0.2, 0.25) is 11.8 Å². The van der Waals surface area contributed by atoms with Gasteiger partial charge in [0.25, 0.3) is 0 Å². The van der Waals surface area contributed by atoms with Gasteiger partial charge < -0.3 is 15.4 Å². The molecule has 3 rings (SSSR count). The van der Waals surface area contributed by atoms with Crippen LogP contribution in [0.1, 0.15) is 37.2 Å². The summed E-state index contributed by atoms with van der Waals surface area (Å²) in [5.74, 6) is -0.754. The number of rotatable bonds is 4. The van der Waals surface area contributed by atoms with Gasteiger partial charge in [-0.1, -0.05) is 6.07 Å². The normalized spacial score (nSPS) is 22.2. The van der Waals surface area contributed by atoms with Gasteiger partial charge in [-0.2, -0.15) is 0 Å². The van der Waals surface area contributed by atoms with Gasteiger partial charge in [0.15, 0.2) is 11.6 Å². The van der Waals surface area contributed by atoms with Crippen LogP contribution in [-0.2, 0) is 9.59 Å². The molecule has 2 amide bonds. The first-order chi connectivity index (χ1) is 11.6. The molecule has 2 aliphatic rings. The molecule has 0 aliphatic carbocycles. The highest BCUT2D eigenvalue weighted by Gasteiger charge is 2.29. The second-order valence-electron chi connectivity index (χ2n) is 6.22. The molecule has 2 fully saturated rings. The number of hydrogen-bond donors (Lipinski definition) is 3. The summed E-state index contributed by atoms with van der Waals surface area (Å²) in [7, 11) is 1.42. The number of ether oxygens (including phenoxy) is 1. The molecule has 6 nitrogen and oxygen atoms in total. The minimum atomic E-state index is -0.569. The van der Waals surface area contributed by atoms with Crippen LogP contribution < -0.4 is 20.7 Å². The molecule has 7 heteroatoms. The highest BCUT2D eigenvalue weighted by molar-refractivity contribution is 6.01. The molecule has 0 aromatic heterocycles. The van der Waals surface area contributed by atoms with Crippen molar-refractivity contribution >= 4 is 17.5 Å². The topological polar surface area (TPSA) is 79.5 Å². The Bertz CT molecular complexity index is 644. The summed E-state index contributed by atoms with van der Waals surface area (Å²) in [4.78, 5) is 23.1. The largest absolute Gasteiger partial charge is 0.492 e. The maximum absolute atomic E-state index is 14.9. The summed E-state index contributed by atoms with van der Waals surface area (Å²) in [6, 6.07) is 2.95. The molecule has 24 heavy (non-hydrogen) atoms. The van der Waals surface area contributed by atoms with Gasteiger partial charge in [-0.3, -0.25) is 14.9 Å². The highest BCUT2D eigenvalue weighted by atomic mass is 19.1. The smallest absolute Gasteiger partial charge is 0.249 e. The SMILES string of the molecule is COc1c(NC2CCC(=O)NC2=O)ccc(C2CCNCC2)c1F. The lowest BCUT2D eigenvalue weighted by Gasteiger charge is -2.26. The van der Waals surface area contributed by atoms with Crippen molar-refractivity contribution in [2.24, 2.45) is 0 Å². The first-order valence-electron chi connectivity index (χ1n) is 8.27. The van der Waals surface area contributed by atoms with Crippen LogP contribution in [0, 0.1) is 5.82 Å². The van der Waals surface area contributed by atoms with E-state index in [-0.39, 0.29) is 29.8 Å². The van der Waals surface area contributed by atoms with Gasteiger partial charge in [-0.25, -0.2) is 4.39 Å². The Labute approximate surface area is 140 Å². The minimum absolute atomic E-state index is 0.121. The van der Waals surface area contributed by atoms with Crippen molar-refractivity contribution < 1.29 is 18.7 Å². The average Bonchev–Trinajstić information content (AvgIpc) is 2.58. The van der Waals surface area contributed by atoms with Gasteiger partial charge in [-0.15, -0.1) is 0 Å². The molecule has 3 N–H and O–H groups in total. The van der Waals surface area contributed by atoms with Crippen LogP contribution >= 0.6 is 0 Å². The fourth-order valence-electron chi connectivity index (χ4n) is 3.35. The maximum Gasteiger partial charge on any atom is 0.249 e. The zero-order valence-corrected chi connectivity index (χ0v) is 13.7. The van der Waals surface area contributed by atoms with Crippen molar-refractivity contribution in [1.29, 1.82) is 0 Å². The van der Waals surface area contributed by atoms with Crippen LogP contribution in [-0.4, -0.2) is 38.1 Å². The molecule has 1 aromatic carbocycles. The van der Waals surface area contributed by atoms with Crippen LogP contribution in [0.25, 0.3) is 0 Å².